The van der Waals surface area contributed by atoms with Gasteiger partial charge < -0.3 is 9.47 Å². The van der Waals surface area contributed by atoms with Crippen molar-refractivity contribution >= 4 is 10.2 Å². The van der Waals surface area contributed by atoms with E-state index in [9.17, 15) is 8.42 Å². The van der Waals surface area contributed by atoms with E-state index in [1.807, 2.05) is 26.0 Å². The predicted molar refractivity (Wildman–Crippen MR) is 90.0 cm³/mol. The van der Waals surface area contributed by atoms with E-state index < -0.39 is 10.2 Å². The minimum Gasteiger partial charge on any atom is -0.497 e. The second-order valence-corrected chi connectivity index (χ2v) is 7.94. The maximum Gasteiger partial charge on any atom is 0.282 e. The van der Waals surface area contributed by atoms with Crippen LogP contribution >= 0.6 is 0 Å². The summed E-state index contributed by atoms with van der Waals surface area (Å²) in [7, 11) is 1.31. The van der Waals surface area contributed by atoms with Crippen LogP contribution in [0.15, 0.2) is 18.2 Å². The van der Waals surface area contributed by atoms with Gasteiger partial charge in [0.2, 0.25) is 0 Å². The van der Waals surface area contributed by atoms with Gasteiger partial charge in [-0.2, -0.15) is 17.0 Å². The summed E-state index contributed by atoms with van der Waals surface area (Å²) in [5.41, 5.74) is 0.881. The molecule has 130 valence electrons. The van der Waals surface area contributed by atoms with Crippen molar-refractivity contribution in [1.82, 2.24) is 8.61 Å². The van der Waals surface area contributed by atoms with Crippen LogP contribution in [0.25, 0.3) is 0 Å². The van der Waals surface area contributed by atoms with E-state index in [1.165, 1.54) is 4.31 Å². The first kappa shape index (κ1) is 18.0. The molecule has 6 nitrogen and oxygen atoms in total. The number of hydrogen-bond acceptors (Lipinski definition) is 4. The molecule has 7 heteroatoms. The maximum absolute atomic E-state index is 12.9. The quantitative estimate of drug-likeness (QED) is 0.797. The summed E-state index contributed by atoms with van der Waals surface area (Å²) in [5.74, 6) is 1.35. The molecule has 0 amide bonds. The zero-order valence-corrected chi connectivity index (χ0v) is 15.3. The Balaban J connectivity index is 2.40. The van der Waals surface area contributed by atoms with Crippen LogP contribution in [0.5, 0.6) is 11.5 Å². The lowest BCUT2D eigenvalue weighted by Gasteiger charge is -2.31. The van der Waals surface area contributed by atoms with E-state index in [0.29, 0.717) is 18.0 Å². The third-order valence-electron chi connectivity index (χ3n) is 4.39. The molecule has 23 heavy (non-hydrogen) atoms. The van der Waals surface area contributed by atoms with Crippen molar-refractivity contribution in [2.75, 3.05) is 27.8 Å². The molecular formula is C16H26N2O4S. The number of nitrogens with zero attached hydrogens (tertiary/aromatic N) is 2. The van der Waals surface area contributed by atoms with E-state index >= 15 is 0 Å². The lowest BCUT2D eigenvalue weighted by molar-refractivity contribution is 0.318. The highest BCUT2D eigenvalue weighted by Gasteiger charge is 2.39. The monoisotopic (exact) mass is 342 g/mol. The summed E-state index contributed by atoms with van der Waals surface area (Å²) in [6.45, 7) is 4.27. The van der Waals surface area contributed by atoms with Gasteiger partial charge >= 0.3 is 0 Å². The van der Waals surface area contributed by atoms with Gasteiger partial charge in [-0.3, -0.25) is 0 Å². The first-order chi connectivity index (χ1) is 10.8. The normalized spacial score (nSPS) is 19.5. The van der Waals surface area contributed by atoms with Crippen molar-refractivity contribution in [1.29, 1.82) is 0 Å². The molecule has 0 radical (unpaired) electrons. The minimum atomic E-state index is -3.50. The van der Waals surface area contributed by atoms with E-state index in [2.05, 4.69) is 0 Å². The van der Waals surface area contributed by atoms with Gasteiger partial charge in [-0.1, -0.05) is 6.07 Å². The van der Waals surface area contributed by atoms with Crippen molar-refractivity contribution in [2.45, 2.75) is 38.8 Å². The lowest BCUT2D eigenvalue weighted by Crippen LogP contribution is -2.44. The van der Waals surface area contributed by atoms with Crippen molar-refractivity contribution in [3.8, 4) is 11.5 Å². The van der Waals surface area contributed by atoms with Crippen LogP contribution in [0.1, 0.15) is 38.3 Å². The highest BCUT2D eigenvalue weighted by molar-refractivity contribution is 7.86. The Morgan fingerprint density at radius 3 is 2.52 bits per heavy atom. The van der Waals surface area contributed by atoms with Gasteiger partial charge in [-0.25, -0.2) is 0 Å². The number of methoxy groups -OCH3 is 2. The molecule has 0 aliphatic carbocycles. The first-order valence-electron chi connectivity index (χ1n) is 7.79. The molecule has 0 unspecified atom stereocenters. The molecule has 1 aromatic rings. The molecular weight excluding hydrogens is 316 g/mol. The lowest BCUT2D eigenvalue weighted by atomic mass is 10.0. The Morgan fingerprint density at radius 1 is 1.26 bits per heavy atom. The average molecular weight is 342 g/mol. The Morgan fingerprint density at radius 2 is 1.96 bits per heavy atom. The molecule has 1 heterocycles. The number of ether oxygens (including phenoxy) is 2. The molecule has 1 saturated heterocycles. The third kappa shape index (κ3) is 3.46. The zero-order valence-electron chi connectivity index (χ0n) is 14.4. The molecule has 0 saturated carbocycles. The van der Waals surface area contributed by atoms with Crippen molar-refractivity contribution in [3.63, 3.8) is 0 Å². The molecule has 1 aliphatic heterocycles. The Hall–Kier alpha value is -1.31. The number of rotatable bonds is 6. The van der Waals surface area contributed by atoms with Crippen LogP contribution in [0.4, 0.5) is 0 Å². The second-order valence-electron chi connectivity index (χ2n) is 5.99. The fraction of sp³-hybridized carbons (Fsp3) is 0.625. The van der Waals surface area contributed by atoms with Crippen molar-refractivity contribution < 1.29 is 17.9 Å². The van der Waals surface area contributed by atoms with Gasteiger partial charge in [-0.15, -0.1) is 0 Å². The van der Waals surface area contributed by atoms with Gasteiger partial charge in [0.15, 0.2) is 0 Å². The van der Waals surface area contributed by atoms with Gasteiger partial charge in [0.25, 0.3) is 10.2 Å². The molecule has 1 aromatic carbocycles. The van der Waals surface area contributed by atoms with Crippen LogP contribution < -0.4 is 9.47 Å². The van der Waals surface area contributed by atoms with Gasteiger partial charge in [0.1, 0.15) is 11.5 Å². The van der Waals surface area contributed by atoms with Crippen molar-refractivity contribution in [2.24, 2.45) is 0 Å². The Labute approximate surface area is 139 Å². The maximum atomic E-state index is 12.9. The largest absolute Gasteiger partial charge is 0.497 e. The summed E-state index contributed by atoms with van der Waals surface area (Å²) < 4.78 is 39.4. The molecule has 1 aliphatic rings. The summed E-state index contributed by atoms with van der Waals surface area (Å²) in [6, 6.07) is 5.24. The smallest absolute Gasteiger partial charge is 0.282 e. The molecule has 0 spiro atoms. The summed E-state index contributed by atoms with van der Waals surface area (Å²) in [5, 5.41) is 0. The van der Waals surface area contributed by atoms with Crippen molar-refractivity contribution in [3.05, 3.63) is 23.8 Å². The highest BCUT2D eigenvalue weighted by atomic mass is 32.2. The second kappa shape index (κ2) is 7.07. The van der Waals surface area contributed by atoms with E-state index in [4.69, 9.17) is 9.47 Å². The molecule has 0 aromatic heterocycles. The predicted octanol–water partition coefficient (Wildman–Crippen LogP) is 2.43. The topological polar surface area (TPSA) is 59.1 Å². The van der Waals surface area contributed by atoms with Crippen LogP contribution in [0.2, 0.25) is 0 Å². The molecule has 0 bridgehead atoms. The minimum absolute atomic E-state index is 0.0842. The van der Waals surface area contributed by atoms with Crippen LogP contribution in [-0.4, -0.2) is 50.9 Å². The average Bonchev–Trinajstić information content (AvgIpc) is 3.03. The first-order valence-corrected chi connectivity index (χ1v) is 9.19. The fourth-order valence-corrected chi connectivity index (χ4v) is 4.62. The SMILES string of the molecule is COc1ccc([C@@H]2CCCN2S(=O)(=O)N(C)C(C)C)c(OC)c1. The summed E-state index contributed by atoms with van der Waals surface area (Å²) in [4.78, 5) is 0. The third-order valence-corrected chi connectivity index (χ3v) is 6.57. The van der Waals surface area contributed by atoms with Gasteiger partial charge in [0.05, 0.1) is 20.3 Å². The highest BCUT2D eigenvalue weighted by Crippen LogP contribution is 2.40. The van der Waals surface area contributed by atoms with E-state index in [-0.39, 0.29) is 12.1 Å². The van der Waals surface area contributed by atoms with Crippen LogP contribution in [-0.2, 0) is 10.2 Å². The van der Waals surface area contributed by atoms with Crippen LogP contribution in [0.3, 0.4) is 0 Å². The van der Waals surface area contributed by atoms with Gasteiger partial charge in [-0.05, 0) is 32.8 Å². The van der Waals surface area contributed by atoms with E-state index in [0.717, 1.165) is 18.4 Å². The number of hydrogen-bond donors (Lipinski definition) is 0. The molecule has 1 atom stereocenters. The van der Waals surface area contributed by atoms with Gasteiger partial charge in [0, 0.05) is 31.3 Å². The Kier molecular flexibility index (Phi) is 5.54. The molecule has 0 N–H and O–H groups in total. The van der Waals surface area contributed by atoms with Crippen LogP contribution in [0, 0.1) is 0 Å². The molecule has 2 rings (SSSR count). The summed E-state index contributed by atoms with van der Waals surface area (Å²) >= 11 is 0. The zero-order chi connectivity index (χ0) is 17.2. The fourth-order valence-electron chi connectivity index (χ4n) is 2.85. The van der Waals surface area contributed by atoms with E-state index in [1.54, 1.807) is 31.6 Å². The Bertz CT molecular complexity index is 645. The standard InChI is InChI=1S/C16H26N2O4S/c1-12(2)17(3)23(19,20)18-10-6-7-15(18)14-9-8-13(21-4)11-16(14)22-5/h8-9,11-12,15H,6-7,10H2,1-5H3/t15-/m0/s1. The summed E-state index contributed by atoms with van der Waals surface area (Å²) in [6.07, 6.45) is 1.62. The molecule has 1 fully saturated rings. The number of benzene rings is 1.